The van der Waals surface area contributed by atoms with E-state index in [0.29, 0.717) is 5.56 Å². The molecule has 0 unspecified atom stereocenters. The number of amides is 1. The van der Waals surface area contributed by atoms with Crippen LogP contribution in [-0.2, 0) is 6.54 Å². The lowest BCUT2D eigenvalue weighted by atomic mass is 9.83. The molecule has 0 aliphatic carbocycles. The molecule has 156 valence electrons. The van der Waals surface area contributed by atoms with Crippen molar-refractivity contribution in [3.05, 3.63) is 83.4 Å². The first kappa shape index (κ1) is 20.2. The maximum absolute atomic E-state index is 13.0. The zero-order valence-corrected chi connectivity index (χ0v) is 17.9. The van der Waals surface area contributed by atoms with Crippen LogP contribution in [0.4, 0.5) is 0 Å². The molecule has 3 aromatic rings. The number of rotatable bonds is 6. The minimum Gasteiger partial charge on any atom is -0.487 e. The van der Waals surface area contributed by atoms with Gasteiger partial charge in [0.05, 0.1) is 6.04 Å². The number of aromatic nitrogens is 2. The fourth-order valence-corrected chi connectivity index (χ4v) is 4.20. The van der Waals surface area contributed by atoms with Gasteiger partial charge in [-0.15, -0.1) is 0 Å². The van der Waals surface area contributed by atoms with Crippen LogP contribution < -0.4 is 10.1 Å². The first-order valence-corrected chi connectivity index (χ1v) is 10.7. The molecule has 0 fully saturated rings. The quantitative estimate of drug-likeness (QED) is 0.626. The Balaban J connectivity index is 1.51. The van der Waals surface area contributed by atoms with Gasteiger partial charge in [-0.1, -0.05) is 44.2 Å². The number of nitrogens with one attached hydrogen (secondary N) is 1. The number of hydrogen-bond acceptors (Lipinski definition) is 3. The van der Waals surface area contributed by atoms with Crippen molar-refractivity contribution < 1.29 is 9.53 Å². The maximum Gasteiger partial charge on any atom is 0.251 e. The van der Waals surface area contributed by atoms with Gasteiger partial charge < -0.3 is 14.6 Å². The van der Waals surface area contributed by atoms with Gasteiger partial charge in [-0.2, -0.15) is 0 Å². The van der Waals surface area contributed by atoms with E-state index in [4.69, 9.17) is 4.74 Å². The monoisotopic (exact) mass is 403 g/mol. The van der Waals surface area contributed by atoms with Crippen LogP contribution in [0.5, 0.6) is 5.75 Å². The molecule has 1 aliphatic heterocycles. The third-order valence-electron chi connectivity index (χ3n) is 6.28. The average Bonchev–Trinajstić information content (AvgIpc) is 3.18. The predicted octanol–water partition coefficient (Wildman–Crippen LogP) is 5.05. The Bertz CT molecular complexity index is 1020. The van der Waals surface area contributed by atoms with Crippen molar-refractivity contribution in [3.63, 3.8) is 0 Å². The number of carbonyl (C=O) groups is 1. The van der Waals surface area contributed by atoms with Crippen LogP contribution in [0.2, 0.25) is 0 Å². The van der Waals surface area contributed by atoms with Gasteiger partial charge in [-0.05, 0) is 43.5 Å². The third kappa shape index (κ3) is 3.97. The van der Waals surface area contributed by atoms with Gasteiger partial charge in [0.2, 0.25) is 0 Å². The van der Waals surface area contributed by atoms with Crippen molar-refractivity contribution in [2.45, 2.75) is 58.2 Å². The van der Waals surface area contributed by atoms with E-state index < -0.39 is 0 Å². The Morgan fingerprint density at radius 3 is 2.57 bits per heavy atom. The molecular formula is C25H29N3O2. The number of para-hydroxylation sites is 1. The summed E-state index contributed by atoms with van der Waals surface area (Å²) in [6, 6.07) is 15.8. The second-order valence-electron chi connectivity index (χ2n) is 8.06. The van der Waals surface area contributed by atoms with E-state index in [1.807, 2.05) is 61.7 Å². The number of aryl methyl sites for hydroxylation is 1. The summed E-state index contributed by atoms with van der Waals surface area (Å²) in [5.74, 6) is 1.80. The molecule has 4 rings (SSSR count). The molecule has 0 saturated carbocycles. The van der Waals surface area contributed by atoms with Gasteiger partial charge >= 0.3 is 0 Å². The number of carbonyl (C=O) groups excluding carboxylic acids is 1. The molecular weight excluding hydrogens is 374 g/mol. The molecule has 0 radical (unpaired) electrons. The van der Waals surface area contributed by atoms with Crippen LogP contribution in [0.1, 0.15) is 66.5 Å². The van der Waals surface area contributed by atoms with E-state index in [1.54, 1.807) is 6.20 Å². The summed E-state index contributed by atoms with van der Waals surface area (Å²) in [5, 5.41) is 3.25. The molecule has 5 heteroatoms. The number of hydrogen-bond donors (Lipinski definition) is 1. The Labute approximate surface area is 178 Å². The average molecular weight is 404 g/mol. The van der Waals surface area contributed by atoms with E-state index in [0.717, 1.165) is 48.5 Å². The molecule has 1 atom stereocenters. The van der Waals surface area contributed by atoms with Gasteiger partial charge in [-0.3, -0.25) is 4.79 Å². The fourth-order valence-electron chi connectivity index (χ4n) is 4.20. The van der Waals surface area contributed by atoms with E-state index in [2.05, 4.69) is 28.7 Å². The predicted molar refractivity (Wildman–Crippen MR) is 118 cm³/mol. The second-order valence-corrected chi connectivity index (χ2v) is 8.06. The van der Waals surface area contributed by atoms with Gasteiger partial charge in [0.25, 0.3) is 5.91 Å². The minimum atomic E-state index is -0.237. The smallest absolute Gasteiger partial charge is 0.251 e. The highest BCUT2D eigenvalue weighted by Gasteiger charge is 2.38. The zero-order chi connectivity index (χ0) is 21.1. The molecule has 0 bridgehead atoms. The van der Waals surface area contributed by atoms with Crippen molar-refractivity contribution in [2.24, 2.45) is 0 Å². The second kappa shape index (κ2) is 8.34. The summed E-state index contributed by atoms with van der Waals surface area (Å²) in [6.45, 7) is 7.03. The molecule has 1 N–H and O–H groups in total. The highest BCUT2D eigenvalue weighted by Crippen LogP contribution is 2.42. The Hall–Kier alpha value is -3.08. The summed E-state index contributed by atoms with van der Waals surface area (Å²) in [7, 11) is 0. The minimum absolute atomic E-state index is 0.0526. The first-order valence-electron chi connectivity index (χ1n) is 10.7. The fraction of sp³-hybridized carbons (Fsp3) is 0.360. The molecule has 1 aliphatic rings. The zero-order valence-electron chi connectivity index (χ0n) is 17.9. The lowest BCUT2D eigenvalue weighted by Gasteiger charge is -2.41. The highest BCUT2D eigenvalue weighted by atomic mass is 16.5. The Morgan fingerprint density at radius 2 is 1.90 bits per heavy atom. The standard InChI is InChI=1S/C25H29N3O2/c1-4-25(5-2)16-22(21-8-6-7-9-23(21)30-25)27-24(29)20-12-10-19(11-13-20)17-28-15-14-26-18(28)3/h6-15,22H,4-5,16-17H2,1-3H3,(H,27,29)/t22-/m0/s1. The van der Waals surface area contributed by atoms with Crippen LogP contribution in [0.3, 0.4) is 0 Å². The first-order chi connectivity index (χ1) is 14.5. The maximum atomic E-state index is 13.0. The summed E-state index contributed by atoms with van der Waals surface area (Å²) in [5.41, 5.74) is 2.62. The number of imidazole rings is 1. The Kier molecular flexibility index (Phi) is 5.62. The molecule has 1 amide bonds. The van der Waals surface area contributed by atoms with Crippen molar-refractivity contribution in [1.29, 1.82) is 0 Å². The third-order valence-corrected chi connectivity index (χ3v) is 6.28. The lowest BCUT2D eigenvalue weighted by molar-refractivity contribution is 0.0227. The van der Waals surface area contributed by atoms with Gasteiger partial charge in [0.15, 0.2) is 0 Å². The van der Waals surface area contributed by atoms with Crippen LogP contribution >= 0.6 is 0 Å². The van der Waals surface area contributed by atoms with E-state index in [1.165, 1.54) is 0 Å². The highest BCUT2D eigenvalue weighted by molar-refractivity contribution is 5.94. The molecule has 5 nitrogen and oxygen atoms in total. The van der Waals surface area contributed by atoms with E-state index in [9.17, 15) is 4.79 Å². The van der Waals surface area contributed by atoms with Crippen molar-refractivity contribution in [3.8, 4) is 5.75 Å². The van der Waals surface area contributed by atoms with Gasteiger partial charge in [0.1, 0.15) is 17.2 Å². The Morgan fingerprint density at radius 1 is 1.17 bits per heavy atom. The number of benzene rings is 2. The van der Waals surface area contributed by atoms with Crippen molar-refractivity contribution in [1.82, 2.24) is 14.9 Å². The van der Waals surface area contributed by atoms with Crippen LogP contribution in [0.15, 0.2) is 60.9 Å². The summed E-state index contributed by atoms with van der Waals surface area (Å²) in [6.07, 6.45) is 6.36. The largest absolute Gasteiger partial charge is 0.487 e. The van der Waals surface area contributed by atoms with E-state index in [-0.39, 0.29) is 17.6 Å². The summed E-state index contributed by atoms with van der Waals surface area (Å²) < 4.78 is 8.44. The van der Waals surface area contributed by atoms with Crippen molar-refractivity contribution in [2.75, 3.05) is 0 Å². The SMILES string of the molecule is CCC1(CC)C[C@H](NC(=O)c2ccc(Cn3ccnc3C)cc2)c2ccccc2O1. The summed E-state index contributed by atoms with van der Waals surface area (Å²) >= 11 is 0. The van der Waals surface area contributed by atoms with Gasteiger partial charge in [-0.25, -0.2) is 4.98 Å². The van der Waals surface area contributed by atoms with Crippen molar-refractivity contribution >= 4 is 5.91 Å². The lowest BCUT2D eigenvalue weighted by Crippen LogP contribution is -2.44. The molecule has 0 saturated heterocycles. The van der Waals surface area contributed by atoms with E-state index >= 15 is 0 Å². The molecule has 0 spiro atoms. The van der Waals surface area contributed by atoms with Gasteiger partial charge in [0, 0.05) is 36.5 Å². The van der Waals surface area contributed by atoms with Crippen LogP contribution in [-0.4, -0.2) is 21.1 Å². The van der Waals surface area contributed by atoms with Crippen LogP contribution in [0.25, 0.3) is 0 Å². The normalized spacial score (nSPS) is 17.1. The number of ether oxygens (including phenoxy) is 1. The van der Waals surface area contributed by atoms with Crippen LogP contribution in [0, 0.1) is 6.92 Å². The number of fused-ring (bicyclic) bond motifs is 1. The number of nitrogens with zero attached hydrogens (tertiary/aromatic N) is 2. The molecule has 30 heavy (non-hydrogen) atoms. The summed E-state index contributed by atoms with van der Waals surface area (Å²) in [4.78, 5) is 17.3. The molecule has 1 aromatic heterocycles. The molecule has 2 aromatic carbocycles. The molecule has 2 heterocycles. The topological polar surface area (TPSA) is 56.2 Å².